The van der Waals surface area contributed by atoms with Gasteiger partial charge in [0, 0.05) is 6.54 Å². The second-order valence-corrected chi connectivity index (χ2v) is 2.35. The van der Waals surface area contributed by atoms with Crippen molar-refractivity contribution < 1.29 is 4.84 Å². The third-order valence-electron chi connectivity index (χ3n) is 1.39. The average molecular weight is 141 g/mol. The second kappa shape index (κ2) is 6.60. The molecule has 2 heteroatoms. The maximum absolute atomic E-state index is 4.96. The van der Waals surface area contributed by atoms with Gasteiger partial charge in [0.1, 0.15) is 6.61 Å². The van der Waals surface area contributed by atoms with Gasteiger partial charge in [-0.3, -0.25) is 4.84 Å². The maximum atomic E-state index is 4.96. The summed E-state index contributed by atoms with van der Waals surface area (Å²) in [6, 6.07) is 0. The lowest BCUT2D eigenvalue weighted by Gasteiger charge is -2.07. The molecule has 0 aromatic rings. The normalized spacial score (nSPS) is 12.5. The fourth-order valence-corrected chi connectivity index (χ4v) is 0.438. The molecule has 1 N–H and O–H groups in total. The van der Waals surface area contributed by atoms with Crippen LogP contribution in [-0.4, -0.2) is 13.2 Å². The van der Waals surface area contributed by atoms with Gasteiger partial charge in [-0.1, -0.05) is 26.2 Å². The van der Waals surface area contributed by atoms with Crippen molar-refractivity contribution in [1.82, 2.24) is 5.48 Å². The summed E-state index contributed by atoms with van der Waals surface area (Å²) in [5, 5.41) is 0. The fraction of sp³-hybridized carbons (Fsp3) is 0.750. The zero-order valence-corrected chi connectivity index (χ0v) is 6.68. The summed E-state index contributed by atoms with van der Waals surface area (Å²) >= 11 is 0. The Bertz CT molecular complexity index is 106. The highest BCUT2D eigenvalue weighted by Crippen LogP contribution is 1.96. The van der Waals surface area contributed by atoms with E-state index < -0.39 is 0 Å². The quantitative estimate of drug-likeness (QED) is 0.353. The molecule has 58 valence electrons. The predicted octanol–water partition coefficient (Wildman–Crippen LogP) is 1.19. The first-order valence-electron chi connectivity index (χ1n) is 3.59. The number of hydrogen-bond acceptors (Lipinski definition) is 2. The Morgan fingerprint density at radius 1 is 1.70 bits per heavy atom. The zero-order valence-electron chi connectivity index (χ0n) is 6.68. The molecule has 0 aliphatic heterocycles. The molecule has 0 bridgehead atoms. The van der Waals surface area contributed by atoms with Crippen LogP contribution in [0, 0.1) is 18.3 Å². The summed E-state index contributed by atoms with van der Waals surface area (Å²) in [4.78, 5) is 4.87. The Morgan fingerprint density at radius 2 is 2.40 bits per heavy atom. The highest BCUT2D eigenvalue weighted by atomic mass is 16.6. The summed E-state index contributed by atoms with van der Waals surface area (Å²) in [6.45, 7) is 5.52. The van der Waals surface area contributed by atoms with Gasteiger partial charge in [-0.25, -0.2) is 5.48 Å². The van der Waals surface area contributed by atoms with Crippen LogP contribution in [0.4, 0.5) is 0 Å². The Kier molecular flexibility index (Phi) is 6.25. The van der Waals surface area contributed by atoms with Crippen molar-refractivity contribution >= 4 is 0 Å². The minimum atomic E-state index is 0.344. The van der Waals surface area contributed by atoms with E-state index in [-0.39, 0.29) is 0 Å². The molecule has 0 saturated heterocycles. The molecule has 0 fully saturated rings. The second-order valence-electron chi connectivity index (χ2n) is 2.35. The van der Waals surface area contributed by atoms with Crippen molar-refractivity contribution in [2.24, 2.45) is 5.92 Å². The Labute approximate surface area is 62.9 Å². The van der Waals surface area contributed by atoms with Crippen molar-refractivity contribution in [1.29, 1.82) is 0 Å². The van der Waals surface area contributed by atoms with Crippen LogP contribution in [0.25, 0.3) is 0 Å². The molecule has 0 aromatic heterocycles. The smallest absolute Gasteiger partial charge is 0.128 e. The van der Waals surface area contributed by atoms with Crippen LogP contribution in [0.5, 0.6) is 0 Å². The van der Waals surface area contributed by atoms with Crippen LogP contribution in [0.15, 0.2) is 0 Å². The van der Waals surface area contributed by atoms with Crippen molar-refractivity contribution in [2.45, 2.75) is 20.3 Å². The van der Waals surface area contributed by atoms with E-state index in [4.69, 9.17) is 11.3 Å². The summed E-state index contributed by atoms with van der Waals surface area (Å²) in [5.74, 6) is 3.03. The van der Waals surface area contributed by atoms with E-state index in [1.54, 1.807) is 0 Å². The molecule has 0 radical (unpaired) electrons. The molecule has 0 spiro atoms. The van der Waals surface area contributed by atoms with Gasteiger partial charge < -0.3 is 0 Å². The Morgan fingerprint density at radius 3 is 2.90 bits per heavy atom. The molecule has 0 saturated carbocycles. The number of terminal acetylenes is 1. The maximum Gasteiger partial charge on any atom is 0.128 e. The van der Waals surface area contributed by atoms with E-state index in [1.807, 2.05) is 0 Å². The molecular weight excluding hydrogens is 126 g/mol. The minimum absolute atomic E-state index is 0.344. The Hall–Kier alpha value is -0.520. The van der Waals surface area contributed by atoms with Crippen LogP contribution in [0.2, 0.25) is 0 Å². The van der Waals surface area contributed by atoms with Crippen molar-refractivity contribution in [2.75, 3.05) is 13.2 Å². The first kappa shape index (κ1) is 9.48. The van der Waals surface area contributed by atoms with Gasteiger partial charge in [-0.2, -0.15) is 0 Å². The van der Waals surface area contributed by atoms with Crippen LogP contribution < -0.4 is 5.48 Å². The summed E-state index contributed by atoms with van der Waals surface area (Å²) in [7, 11) is 0. The van der Waals surface area contributed by atoms with E-state index in [0.29, 0.717) is 12.5 Å². The predicted molar refractivity (Wildman–Crippen MR) is 42.2 cm³/mol. The third-order valence-corrected chi connectivity index (χ3v) is 1.39. The van der Waals surface area contributed by atoms with E-state index in [9.17, 15) is 0 Å². The molecule has 10 heavy (non-hydrogen) atoms. The van der Waals surface area contributed by atoms with Gasteiger partial charge in [-0.15, -0.1) is 6.42 Å². The highest BCUT2D eigenvalue weighted by Gasteiger charge is 1.95. The summed E-state index contributed by atoms with van der Waals surface area (Å²) < 4.78 is 0. The van der Waals surface area contributed by atoms with Crippen molar-refractivity contribution in [3.8, 4) is 12.3 Å². The number of hydroxylamine groups is 1. The van der Waals surface area contributed by atoms with Gasteiger partial charge in [0.25, 0.3) is 0 Å². The SMILES string of the molecule is C#CCONCC(C)CC. The van der Waals surface area contributed by atoms with Gasteiger partial charge in [0.2, 0.25) is 0 Å². The van der Waals surface area contributed by atoms with E-state index in [0.717, 1.165) is 13.0 Å². The minimum Gasteiger partial charge on any atom is -0.289 e. The molecule has 1 atom stereocenters. The molecule has 2 nitrogen and oxygen atoms in total. The van der Waals surface area contributed by atoms with E-state index >= 15 is 0 Å². The van der Waals surface area contributed by atoms with Crippen LogP contribution >= 0.6 is 0 Å². The lowest BCUT2D eigenvalue weighted by Crippen LogP contribution is -2.21. The average Bonchev–Trinajstić information content (AvgIpc) is 1.98. The van der Waals surface area contributed by atoms with Gasteiger partial charge in [0.05, 0.1) is 0 Å². The standard InChI is InChI=1S/C8H15NO/c1-4-6-10-9-7-8(3)5-2/h1,8-9H,5-7H2,2-3H3. The zero-order chi connectivity index (χ0) is 7.82. The lowest BCUT2D eigenvalue weighted by molar-refractivity contribution is 0.0572. The molecule has 0 aliphatic rings. The number of nitrogens with one attached hydrogen (secondary N) is 1. The van der Waals surface area contributed by atoms with Gasteiger partial charge in [0.15, 0.2) is 0 Å². The third kappa shape index (κ3) is 5.61. The van der Waals surface area contributed by atoms with Gasteiger partial charge >= 0.3 is 0 Å². The van der Waals surface area contributed by atoms with E-state index in [1.165, 1.54) is 0 Å². The van der Waals surface area contributed by atoms with E-state index in [2.05, 4.69) is 25.2 Å². The summed E-state index contributed by atoms with van der Waals surface area (Å²) in [5.41, 5.74) is 2.79. The van der Waals surface area contributed by atoms with Crippen molar-refractivity contribution in [3.05, 3.63) is 0 Å². The summed E-state index contributed by atoms with van der Waals surface area (Å²) in [6.07, 6.45) is 6.12. The Balaban J connectivity index is 2.98. The lowest BCUT2D eigenvalue weighted by atomic mass is 10.1. The first-order chi connectivity index (χ1) is 4.81. The number of rotatable bonds is 5. The van der Waals surface area contributed by atoms with Crippen LogP contribution in [-0.2, 0) is 4.84 Å². The molecule has 0 amide bonds. The first-order valence-corrected chi connectivity index (χ1v) is 3.59. The van der Waals surface area contributed by atoms with Crippen molar-refractivity contribution in [3.63, 3.8) is 0 Å². The topological polar surface area (TPSA) is 21.3 Å². The molecule has 0 aliphatic carbocycles. The molecule has 1 unspecified atom stereocenters. The highest BCUT2D eigenvalue weighted by molar-refractivity contribution is 4.82. The molecule has 0 aromatic carbocycles. The fourth-order valence-electron chi connectivity index (χ4n) is 0.438. The molecular formula is C8H15NO. The number of hydrogen-bond donors (Lipinski definition) is 1. The van der Waals surface area contributed by atoms with Crippen LogP contribution in [0.1, 0.15) is 20.3 Å². The molecule has 0 rings (SSSR count). The van der Waals surface area contributed by atoms with Crippen LogP contribution in [0.3, 0.4) is 0 Å². The largest absolute Gasteiger partial charge is 0.289 e. The van der Waals surface area contributed by atoms with Gasteiger partial charge in [-0.05, 0) is 5.92 Å². The monoisotopic (exact) mass is 141 g/mol. The molecule has 0 heterocycles.